The molecule has 0 amide bonds. The minimum absolute atomic E-state index is 0.265. The van der Waals surface area contributed by atoms with E-state index in [-0.39, 0.29) is 12.6 Å². The second kappa shape index (κ2) is 6.46. The molecule has 0 aliphatic rings. The standard InChI is InChI=1S/C9H14O3/c1-4-11-8(2)6-5-7-12-9(3)10/h5-6H,2,4,7H2,1,3H3. The molecule has 0 radical (unpaired) electrons. The van der Waals surface area contributed by atoms with Gasteiger partial charge in [-0.15, -0.1) is 0 Å². The molecular formula is C9H14O3. The number of esters is 1. The quantitative estimate of drug-likeness (QED) is 0.357. The number of carbonyl (C=O) groups is 1. The summed E-state index contributed by atoms with van der Waals surface area (Å²) in [6.07, 6.45) is 3.35. The van der Waals surface area contributed by atoms with Gasteiger partial charge in [0.25, 0.3) is 0 Å². The molecule has 0 aromatic heterocycles. The van der Waals surface area contributed by atoms with E-state index in [0.29, 0.717) is 12.4 Å². The van der Waals surface area contributed by atoms with E-state index < -0.39 is 0 Å². The van der Waals surface area contributed by atoms with Crippen LogP contribution in [0.3, 0.4) is 0 Å². The first-order chi connectivity index (χ1) is 5.66. The van der Waals surface area contributed by atoms with Gasteiger partial charge < -0.3 is 9.47 Å². The lowest BCUT2D eigenvalue weighted by molar-refractivity contribution is -0.139. The largest absolute Gasteiger partial charge is 0.495 e. The Morgan fingerprint density at radius 1 is 1.50 bits per heavy atom. The number of rotatable bonds is 5. The van der Waals surface area contributed by atoms with E-state index in [1.54, 1.807) is 12.2 Å². The molecule has 0 bridgehead atoms. The molecule has 68 valence electrons. The molecule has 0 aromatic rings. The third-order valence-electron chi connectivity index (χ3n) is 1.02. The molecule has 0 rings (SSSR count). The van der Waals surface area contributed by atoms with Gasteiger partial charge in [-0.2, -0.15) is 0 Å². The van der Waals surface area contributed by atoms with Crippen LogP contribution in [-0.2, 0) is 14.3 Å². The van der Waals surface area contributed by atoms with Crippen LogP contribution in [0.1, 0.15) is 13.8 Å². The topological polar surface area (TPSA) is 35.5 Å². The average Bonchev–Trinajstić information content (AvgIpc) is 1.98. The number of carbonyl (C=O) groups excluding carboxylic acids is 1. The van der Waals surface area contributed by atoms with Gasteiger partial charge in [0.15, 0.2) is 0 Å². The lowest BCUT2D eigenvalue weighted by Crippen LogP contribution is -1.97. The van der Waals surface area contributed by atoms with E-state index in [1.807, 2.05) is 6.92 Å². The summed E-state index contributed by atoms with van der Waals surface area (Å²) in [5.41, 5.74) is 0. The number of hydrogen-bond acceptors (Lipinski definition) is 3. The van der Waals surface area contributed by atoms with Gasteiger partial charge in [0.2, 0.25) is 0 Å². The first-order valence-corrected chi connectivity index (χ1v) is 3.78. The maximum Gasteiger partial charge on any atom is 0.302 e. The van der Waals surface area contributed by atoms with Crippen LogP contribution in [0.2, 0.25) is 0 Å². The van der Waals surface area contributed by atoms with Gasteiger partial charge in [-0.25, -0.2) is 0 Å². The molecule has 0 aromatic carbocycles. The van der Waals surface area contributed by atoms with Crippen molar-refractivity contribution in [1.82, 2.24) is 0 Å². The van der Waals surface area contributed by atoms with Gasteiger partial charge >= 0.3 is 5.97 Å². The normalized spacial score (nSPS) is 9.83. The van der Waals surface area contributed by atoms with Gasteiger partial charge in [-0.05, 0) is 19.1 Å². The number of ether oxygens (including phenoxy) is 2. The summed E-state index contributed by atoms with van der Waals surface area (Å²) >= 11 is 0. The second-order valence-electron chi connectivity index (χ2n) is 2.10. The Hall–Kier alpha value is -1.25. The van der Waals surface area contributed by atoms with Crippen LogP contribution in [0.15, 0.2) is 24.5 Å². The maximum atomic E-state index is 10.3. The highest BCUT2D eigenvalue weighted by Gasteiger charge is 1.88. The summed E-state index contributed by atoms with van der Waals surface area (Å²) in [7, 11) is 0. The third kappa shape index (κ3) is 6.86. The molecule has 0 saturated heterocycles. The van der Waals surface area contributed by atoms with E-state index in [0.717, 1.165) is 0 Å². The van der Waals surface area contributed by atoms with Crippen LogP contribution in [0.5, 0.6) is 0 Å². The first-order valence-electron chi connectivity index (χ1n) is 3.78. The van der Waals surface area contributed by atoms with Crippen LogP contribution in [0.4, 0.5) is 0 Å². The van der Waals surface area contributed by atoms with E-state index >= 15 is 0 Å². The smallest absolute Gasteiger partial charge is 0.302 e. The van der Waals surface area contributed by atoms with E-state index in [1.165, 1.54) is 6.92 Å². The lowest BCUT2D eigenvalue weighted by atomic mass is 10.4. The van der Waals surface area contributed by atoms with E-state index in [9.17, 15) is 4.79 Å². The zero-order chi connectivity index (χ0) is 9.40. The molecule has 0 fully saturated rings. The summed E-state index contributed by atoms with van der Waals surface area (Å²) < 4.78 is 9.68. The summed E-state index contributed by atoms with van der Waals surface area (Å²) in [6, 6.07) is 0. The zero-order valence-corrected chi connectivity index (χ0v) is 7.50. The predicted octanol–water partition coefficient (Wildman–Crippen LogP) is 1.66. The van der Waals surface area contributed by atoms with Crippen molar-refractivity contribution >= 4 is 5.97 Å². The van der Waals surface area contributed by atoms with Crippen molar-refractivity contribution in [3.8, 4) is 0 Å². The molecule has 0 heterocycles. The van der Waals surface area contributed by atoms with Crippen molar-refractivity contribution in [3.05, 3.63) is 24.5 Å². The minimum Gasteiger partial charge on any atom is -0.495 e. The Bertz CT molecular complexity index is 182. The molecule has 3 nitrogen and oxygen atoms in total. The molecule has 0 spiro atoms. The summed E-state index contributed by atoms with van der Waals surface area (Å²) in [4.78, 5) is 10.3. The van der Waals surface area contributed by atoms with Crippen molar-refractivity contribution in [3.63, 3.8) is 0 Å². The molecule has 0 aliphatic heterocycles. The molecule has 0 saturated carbocycles. The Kier molecular flexibility index (Phi) is 5.79. The average molecular weight is 170 g/mol. The highest BCUT2D eigenvalue weighted by atomic mass is 16.5. The highest BCUT2D eigenvalue weighted by Crippen LogP contribution is 1.94. The molecule has 0 N–H and O–H groups in total. The highest BCUT2D eigenvalue weighted by molar-refractivity contribution is 5.65. The molecule has 0 unspecified atom stereocenters. The number of allylic oxidation sites excluding steroid dienone is 1. The van der Waals surface area contributed by atoms with Crippen molar-refractivity contribution in [1.29, 1.82) is 0 Å². The molecular weight excluding hydrogens is 156 g/mol. The van der Waals surface area contributed by atoms with Crippen LogP contribution in [0.25, 0.3) is 0 Å². The fraction of sp³-hybridized carbons (Fsp3) is 0.444. The molecule has 0 aliphatic carbocycles. The van der Waals surface area contributed by atoms with Gasteiger partial charge in [-0.1, -0.05) is 6.58 Å². The van der Waals surface area contributed by atoms with Gasteiger partial charge in [-0.3, -0.25) is 4.79 Å². The van der Waals surface area contributed by atoms with Crippen LogP contribution >= 0.6 is 0 Å². The van der Waals surface area contributed by atoms with Gasteiger partial charge in [0, 0.05) is 6.92 Å². The molecule has 0 atom stereocenters. The van der Waals surface area contributed by atoms with Crippen molar-refractivity contribution in [2.45, 2.75) is 13.8 Å². The maximum absolute atomic E-state index is 10.3. The van der Waals surface area contributed by atoms with Crippen molar-refractivity contribution in [2.24, 2.45) is 0 Å². The zero-order valence-electron chi connectivity index (χ0n) is 7.50. The fourth-order valence-electron chi connectivity index (χ4n) is 0.579. The molecule has 12 heavy (non-hydrogen) atoms. The Balaban J connectivity index is 3.48. The minimum atomic E-state index is -0.290. The monoisotopic (exact) mass is 170 g/mol. The fourth-order valence-corrected chi connectivity index (χ4v) is 0.579. The number of hydrogen-bond donors (Lipinski definition) is 0. The molecule has 3 heteroatoms. The van der Waals surface area contributed by atoms with Crippen LogP contribution < -0.4 is 0 Å². The van der Waals surface area contributed by atoms with Crippen molar-refractivity contribution < 1.29 is 14.3 Å². The first kappa shape index (κ1) is 10.8. The predicted molar refractivity (Wildman–Crippen MR) is 46.5 cm³/mol. The lowest BCUT2D eigenvalue weighted by Gasteiger charge is -2.00. The Labute approximate surface area is 72.7 Å². The van der Waals surface area contributed by atoms with Crippen molar-refractivity contribution in [2.75, 3.05) is 13.2 Å². The summed E-state index contributed by atoms with van der Waals surface area (Å²) in [6.45, 7) is 7.72. The Morgan fingerprint density at radius 3 is 2.67 bits per heavy atom. The second-order valence-corrected chi connectivity index (χ2v) is 2.10. The van der Waals surface area contributed by atoms with Crippen LogP contribution in [0, 0.1) is 0 Å². The van der Waals surface area contributed by atoms with Crippen LogP contribution in [-0.4, -0.2) is 19.2 Å². The van der Waals surface area contributed by atoms with E-state index in [2.05, 4.69) is 11.3 Å². The van der Waals surface area contributed by atoms with E-state index in [4.69, 9.17) is 4.74 Å². The third-order valence-corrected chi connectivity index (χ3v) is 1.02. The van der Waals surface area contributed by atoms with Gasteiger partial charge in [0.05, 0.1) is 6.61 Å². The SMILES string of the molecule is C=C(C=CCOC(C)=O)OCC. The summed E-state index contributed by atoms with van der Waals surface area (Å²) in [5.74, 6) is 0.284. The van der Waals surface area contributed by atoms with Gasteiger partial charge in [0.1, 0.15) is 12.4 Å². The summed E-state index contributed by atoms with van der Waals surface area (Å²) in [5, 5.41) is 0. The Morgan fingerprint density at radius 2 is 2.17 bits per heavy atom.